The van der Waals surface area contributed by atoms with Crippen LogP contribution in [0.3, 0.4) is 0 Å². The SMILES string of the molecule is COC(=O)c1cc(SCCO)ccc1[N+](=O)[O-]. The fourth-order valence-corrected chi connectivity index (χ4v) is 1.89. The Morgan fingerprint density at radius 1 is 1.59 bits per heavy atom. The van der Waals surface area contributed by atoms with Gasteiger partial charge < -0.3 is 9.84 Å². The zero-order valence-electron chi connectivity index (χ0n) is 9.08. The van der Waals surface area contributed by atoms with E-state index in [0.717, 1.165) is 0 Å². The fourth-order valence-electron chi connectivity index (χ4n) is 1.20. The van der Waals surface area contributed by atoms with Crippen LogP contribution in [0.15, 0.2) is 23.1 Å². The van der Waals surface area contributed by atoms with E-state index < -0.39 is 10.9 Å². The largest absolute Gasteiger partial charge is 0.465 e. The van der Waals surface area contributed by atoms with Crippen LogP contribution in [0.4, 0.5) is 5.69 Å². The van der Waals surface area contributed by atoms with Crippen molar-refractivity contribution in [2.24, 2.45) is 0 Å². The molecule has 0 aliphatic heterocycles. The number of nitrogens with zero attached hydrogens (tertiary/aromatic N) is 1. The van der Waals surface area contributed by atoms with Crippen molar-refractivity contribution in [3.05, 3.63) is 33.9 Å². The number of hydrogen-bond acceptors (Lipinski definition) is 6. The van der Waals surface area contributed by atoms with Gasteiger partial charge in [-0.05, 0) is 12.1 Å². The highest BCUT2D eigenvalue weighted by Crippen LogP contribution is 2.26. The van der Waals surface area contributed by atoms with Crippen molar-refractivity contribution in [2.75, 3.05) is 19.5 Å². The van der Waals surface area contributed by atoms with E-state index in [4.69, 9.17) is 5.11 Å². The first-order chi connectivity index (χ1) is 8.10. The van der Waals surface area contributed by atoms with Gasteiger partial charge in [-0.3, -0.25) is 10.1 Å². The van der Waals surface area contributed by atoms with Crippen molar-refractivity contribution in [3.8, 4) is 0 Å². The Kier molecular flexibility index (Phi) is 4.92. The van der Waals surface area contributed by atoms with Gasteiger partial charge in [-0.15, -0.1) is 11.8 Å². The molecule has 1 rings (SSSR count). The van der Waals surface area contributed by atoms with Crippen LogP contribution in [0, 0.1) is 10.1 Å². The topological polar surface area (TPSA) is 89.7 Å². The molecule has 92 valence electrons. The number of methoxy groups -OCH3 is 1. The van der Waals surface area contributed by atoms with Crippen LogP contribution in [0.1, 0.15) is 10.4 Å². The third-order valence-corrected chi connectivity index (χ3v) is 2.90. The summed E-state index contributed by atoms with van der Waals surface area (Å²) in [5, 5.41) is 19.4. The molecule has 0 radical (unpaired) electrons. The van der Waals surface area contributed by atoms with Crippen LogP contribution in [-0.2, 0) is 4.74 Å². The molecule has 1 aromatic carbocycles. The van der Waals surface area contributed by atoms with Gasteiger partial charge in [-0.25, -0.2) is 4.79 Å². The van der Waals surface area contributed by atoms with E-state index in [-0.39, 0.29) is 17.9 Å². The molecule has 6 nitrogen and oxygen atoms in total. The van der Waals surface area contributed by atoms with E-state index in [0.29, 0.717) is 10.6 Å². The molecule has 0 fully saturated rings. The van der Waals surface area contributed by atoms with E-state index in [1.807, 2.05) is 0 Å². The molecular formula is C10H11NO5S. The summed E-state index contributed by atoms with van der Waals surface area (Å²) in [6.45, 7) is -0.00475. The number of thioether (sulfide) groups is 1. The number of carbonyl (C=O) groups is 1. The molecule has 0 aliphatic rings. The Balaban J connectivity index is 3.10. The van der Waals surface area contributed by atoms with Gasteiger partial charge in [0.1, 0.15) is 5.56 Å². The van der Waals surface area contributed by atoms with Crippen molar-refractivity contribution >= 4 is 23.4 Å². The van der Waals surface area contributed by atoms with E-state index in [1.54, 1.807) is 0 Å². The Hall–Kier alpha value is -1.60. The van der Waals surface area contributed by atoms with Crippen molar-refractivity contribution in [3.63, 3.8) is 0 Å². The smallest absolute Gasteiger partial charge is 0.344 e. The van der Waals surface area contributed by atoms with E-state index in [9.17, 15) is 14.9 Å². The molecule has 0 saturated carbocycles. The summed E-state index contributed by atoms with van der Waals surface area (Å²) in [4.78, 5) is 22.1. The van der Waals surface area contributed by atoms with Crippen LogP contribution < -0.4 is 0 Å². The normalized spacial score (nSPS) is 10.0. The first kappa shape index (κ1) is 13.5. The molecule has 0 saturated heterocycles. The van der Waals surface area contributed by atoms with Crippen molar-refractivity contribution in [2.45, 2.75) is 4.90 Å². The maximum absolute atomic E-state index is 11.4. The van der Waals surface area contributed by atoms with Gasteiger partial charge in [0.2, 0.25) is 0 Å². The molecule has 0 bridgehead atoms. The number of benzene rings is 1. The highest BCUT2D eigenvalue weighted by Gasteiger charge is 2.21. The Morgan fingerprint density at radius 2 is 2.29 bits per heavy atom. The predicted octanol–water partition coefficient (Wildman–Crippen LogP) is 1.47. The molecular weight excluding hydrogens is 246 g/mol. The summed E-state index contributed by atoms with van der Waals surface area (Å²) in [6, 6.07) is 4.18. The summed E-state index contributed by atoms with van der Waals surface area (Å²) < 4.78 is 4.48. The summed E-state index contributed by atoms with van der Waals surface area (Å²) in [7, 11) is 1.17. The Labute approximate surface area is 102 Å². The average Bonchev–Trinajstić information content (AvgIpc) is 2.34. The molecule has 17 heavy (non-hydrogen) atoms. The minimum Gasteiger partial charge on any atom is -0.465 e. The van der Waals surface area contributed by atoms with Gasteiger partial charge in [-0.1, -0.05) is 0 Å². The Morgan fingerprint density at radius 3 is 2.82 bits per heavy atom. The summed E-state index contributed by atoms with van der Waals surface area (Å²) in [5.74, 6) is -0.290. The Bertz CT molecular complexity index is 435. The van der Waals surface area contributed by atoms with Crippen LogP contribution >= 0.6 is 11.8 Å². The third kappa shape index (κ3) is 3.43. The molecule has 0 amide bonds. The number of aliphatic hydroxyl groups excluding tert-OH is 1. The zero-order chi connectivity index (χ0) is 12.8. The number of rotatable bonds is 5. The molecule has 0 atom stereocenters. The molecule has 7 heteroatoms. The molecule has 0 heterocycles. The summed E-state index contributed by atoms with van der Waals surface area (Å²) in [5.41, 5.74) is -0.370. The van der Waals surface area contributed by atoms with Gasteiger partial charge in [-0.2, -0.15) is 0 Å². The van der Waals surface area contributed by atoms with Gasteiger partial charge >= 0.3 is 5.97 Å². The number of nitro benzene ring substituents is 1. The number of aliphatic hydroxyl groups is 1. The lowest BCUT2D eigenvalue weighted by atomic mass is 10.2. The van der Waals surface area contributed by atoms with E-state index >= 15 is 0 Å². The number of esters is 1. The van der Waals surface area contributed by atoms with Crippen molar-refractivity contribution in [1.82, 2.24) is 0 Å². The van der Waals surface area contributed by atoms with Crippen LogP contribution in [0.25, 0.3) is 0 Å². The second-order valence-electron chi connectivity index (χ2n) is 3.00. The molecule has 0 aromatic heterocycles. The number of nitro groups is 1. The molecule has 0 unspecified atom stereocenters. The number of ether oxygens (including phenoxy) is 1. The summed E-state index contributed by atoms with van der Waals surface area (Å²) in [6.07, 6.45) is 0. The predicted molar refractivity (Wildman–Crippen MR) is 62.2 cm³/mol. The van der Waals surface area contributed by atoms with Gasteiger partial charge in [0.25, 0.3) is 5.69 Å². The average molecular weight is 257 g/mol. The van der Waals surface area contributed by atoms with Crippen molar-refractivity contribution in [1.29, 1.82) is 0 Å². The first-order valence-corrected chi connectivity index (χ1v) is 5.69. The lowest BCUT2D eigenvalue weighted by molar-refractivity contribution is -0.385. The second kappa shape index (κ2) is 6.21. The van der Waals surface area contributed by atoms with E-state index in [1.165, 1.54) is 37.1 Å². The molecule has 1 aromatic rings. The lowest BCUT2D eigenvalue weighted by Gasteiger charge is -2.04. The lowest BCUT2D eigenvalue weighted by Crippen LogP contribution is -2.05. The van der Waals surface area contributed by atoms with Gasteiger partial charge in [0.05, 0.1) is 18.6 Å². The highest BCUT2D eigenvalue weighted by molar-refractivity contribution is 7.99. The minimum absolute atomic E-state index is 0.00475. The molecule has 0 aliphatic carbocycles. The minimum atomic E-state index is -0.747. The first-order valence-electron chi connectivity index (χ1n) is 4.70. The van der Waals surface area contributed by atoms with Crippen LogP contribution in [0.2, 0.25) is 0 Å². The maximum atomic E-state index is 11.4. The van der Waals surface area contributed by atoms with Gasteiger partial charge in [0, 0.05) is 16.7 Å². The number of carbonyl (C=O) groups excluding carboxylic acids is 1. The van der Waals surface area contributed by atoms with E-state index in [2.05, 4.69) is 4.74 Å². The fraction of sp³-hybridized carbons (Fsp3) is 0.300. The quantitative estimate of drug-likeness (QED) is 0.372. The third-order valence-electron chi connectivity index (χ3n) is 1.93. The maximum Gasteiger partial charge on any atom is 0.344 e. The van der Waals surface area contributed by atoms with Crippen LogP contribution in [-0.4, -0.2) is 35.5 Å². The monoisotopic (exact) mass is 257 g/mol. The molecule has 0 spiro atoms. The number of hydrogen-bond donors (Lipinski definition) is 1. The summed E-state index contributed by atoms with van der Waals surface area (Å²) >= 11 is 1.30. The zero-order valence-corrected chi connectivity index (χ0v) is 9.90. The standard InChI is InChI=1S/C10H11NO5S/c1-16-10(13)8-6-7(17-5-4-12)2-3-9(8)11(14)15/h2-3,6,12H,4-5H2,1H3. The van der Waals surface area contributed by atoms with Crippen LogP contribution in [0.5, 0.6) is 0 Å². The van der Waals surface area contributed by atoms with Gasteiger partial charge in [0.15, 0.2) is 0 Å². The molecule has 1 N–H and O–H groups in total. The second-order valence-corrected chi connectivity index (χ2v) is 4.17. The highest BCUT2D eigenvalue weighted by atomic mass is 32.2. The van der Waals surface area contributed by atoms with Crippen molar-refractivity contribution < 1.29 is 19.6 Å².